The number of hydrogen-bond acceptors (Lipinski definition) is 9. The molecule has 0 atom stereocenters. The summed E-state index contributed by atoms with van der Waals surface area (Å²) in [4.78, 5) is 15.5. The van der Waals surface area contributed by atoms with Crippen LogP contribution in [0.15, 0.2) is 53.6 Å². The van der Waals surface area contributed by atoms with Crippen LogP contribution in [0.25, 0.3) is 0 Å². The highest BCUT2D eigenvalue weighted by molar-refractivity contribution is 7.97. The second-order valence-corrected chi connectivity index (χ2v) is 12.7. The summed E-state index contributed by atoms with van der Waals surface area (Å²) in [6.07, 6.45) is 11.9. The van der Waals surface area contributed by atoms with Crippen LogP contribution >= 0.6 is 23.5 Å². The summed E-state index contributed by atoms with van der Waals surface area (Å²) in [5.74, 6) is 1.80. The van der Waals surface area contributed by atoms with Gasteiger partial charge >= 0.3 is 0 Å². The Kier molecular flexibility index (Phi) is 9.90. The molecule has 1 aliphatic carbocycles. The number of ether oxygens (including phenoxy) is 1. The van der Waals surface area contributed by atoms with E-state index < -0.39 is 0 Å². The maximum Gasteiger partial charge on any atom is 0.229 e. The van der Waals surface area contributed by atoms with E-state index >= 15 is 0 Å². The Morgan fingerprint density at radius 1 is 0.929 bits per heavy atom. The number of piperidine rings is 2. The van der Waals surface area contributed by atoms with Crippen LogP contribution in [0.1, 0.15) is 58.3 Å². The van der Waals surface area contributed by atoms with Crippen molar-refractivity contribution in [2.24, 2.45) is 0 Å². The van der Waals surface area contributed by atoms with Crippen LogP contribution in [0.4, 0.5) is 28.8 Å². The molecule has 0 bridgehead atoms. The molecule has 1 saturated carbocycles. The molecular weight excluding hydrogens is 566 g/mol. The van der Waals surface area contributed by atoms with Gasteiger partial charge in [-0.15, -0.1) is 0 Å². The van der Waals surface area contributed by atoms with E-state index in [1.165, 1.54) is 70.1 Å². The smallest absolute Gasteiger partial charge is 0.229 e. The molecule has 0 unspecified atom stereocenters. The molecule has 42 heavy (non-hydrogen) atoms. The van der Waals surface area contributed by atoms with Gasteiger partial charge in [0.25, 0.3) is 0 Å². The van der Waals surface area contributed by atoms with Crippen LogP contribution in [0, 0.1) is 0 Å². The number of rotatable bonds is 11. The first-order valence-corrected chi connectivity index (χ1v) is 16.7. The lowest BCUT2D eigenvalue weighted by Gasteiger charge is -2.41. The van der Waals surface area contributed by atoms with Gasteiger partial charge in [-0.25, -0.2) is 4.98 Å². The molecule has 1 aromatic heterocycles. The Balaban J connectivity index is 1.13. The van der Waals surface area contributed by atoms with Crippen molar-refractivity contribution in [1.82, 2.24) is 19.6 Å². The third-order valence-corrected chi connectivity index (χ3v) is 9.88. The molecule has 3 N–H and O–H groups in total. The summed E-state index contributed by atoms with van der Waals surface area (Å²) in [5, 5.41) is 7.25. The number of hydrogen-bond donors (Lipinski definition) is 3. The average molecular weight is 608 g/mol. The quantitative estimate of drug-likeness (QED) is 0.191. The zero-order valence-electron chi connectivity index (χ0n) is 24.4. The molecule has 3 aliphatic rings. The maximum atomic E-state index is 6.54. The van der Waals surface area contributed by atoms with Crippen LogP contribution < -0.4 is 25.0 Å². The number of aromatic nitrogens is 2. The van der Waals surface area contributed by atoms with Crippen molar-refractivity contribution in [2.75, 3.05) is 48.3 Å². The number of halogens is 1. The van der Waals surface area contributed by atoms with Crippen molar-refractivity contribution in [3.8, 4) is 5.75 Å². The molecule has 3 aromatic rings. The van der Waals surface area contributed by atoms with Gasteiger partial charge < -0.3 is 25.2 Å². The van der Waals surface area contributed by atoms with Gasteiger partial charge in [0, 0.05) is 41.8 Å². The summed E-state index contributed by atoms with van der Waals surface area (Å²) in [7, 11) is 0. The van der Waals surface area contributed by atoms with Crippen LogP contribution in [-0.4, -0.2) is 59.7 Å². The Morgan fingerprint density at radius 3 is 2.50 bits per heavy atom. The molecule has 2 aromatic carbocycles. The molecule has 0 radical (unpaired) electrons. The Hall–Kier alpha value is -2.72. The van der Waals surface area contributed by atoms with E-state index in [0.29, 0.717) is 29.4 Å². The van der Waals surface area contributed by atoms with Gasteiger partial charge in [0.15, 0.2) is 5.82 Å². The van der Waals surface area contributed by atoms with Gasteiger partial charge in [-0.2, -0.15) is 4.98 Å². The lowest BCUT2D eigenvalue weighted by atomic mass is 9.94. The number of benzene rings is 2. The molecular formula is C32H42ClN7OS. The summed E-state index contributed by atoms with van der Waals surface area (Å²) in [5.41, 5.74) is 2.98. The number of likely N-dealkylation sites (tertiary alicyclic amines) is 1. The molecule has 6 rings (SSSR count). The highest BCUT2D eigenvalue weighted by Crippen LogP contribution is 2.35. The topological polar surface area (TPSA) is 77.6 Å². The lowest BCUT2D eigenvalue weighted by Crippen LogP contribution is -2.46. The molecule has 0 amide bonds. The van der Waals surface area contributed by atoms with E-state index in [1.54, 1.807) is 18.1 Å². The van der Waals surface area contributed by atoms with Crippen LogP contribution in [0.2, 0.25) is 5.02 Å². The monoisotopic (exact) mass is 607 g/mol. The van der Waals surface area contributed by atoms with Gasteiger partial charge in [0.2, 0.25) is 5.95 Å². The fourth-order valence-corrected chi connectivity index (χ4v) is 7.00. The van der Waals surface area contributed by atoms with Gasteiger partial charge in [-0.1, -0.05) is 36.6 Å². The van der Waals surface area contributed by atoms with E-state index in [9.17, 15) is 0 Å². The normalized spacial score (nSPS) is 18.5. The van der Waals surface area contributed by atoms with E-state index in [0.717, 1.165) is 41.2 Å². The Morgan fingerprint density at radius 2 is 1.74 bits per heavy atom. The van der Waals surface area contributed by atoms with Crippen molar-refractivity contribution in [2.45, 2.75) is 75.3 Å². The van der Waals surface area contributed by atoms with Crippen molar-refractivity contribution in [3.63, 3.8) is 0 Å². The van der Waals surface area contributed by atoms with E-state index in [-0.39, 0.29) is 0 Å². The highest BCUT2D eigenvalue weighted by Gasteiger charge is 2.26. The van der Waals surface area contributed by atoms with Crippen molar-refractivity contribution in [3.05, 3.63) is 53.7 Å². The highest BCUT2D eigenvalue weighted by atomic mass is 35.5. The standard InChI is InChI=1S/C32H42ClN7OS/c1-2-41-29-21-25(40-19-15-24(16-20-40)39-17-6-3-7-18-39)13-14-27(29)36-32-34-22-26(33)31(37-32)35-28-11-4-5-12-30(28)42-38-23-9-8-10-23/h4-5,11-14,21-24,38H,2-3,6-10,15-20H2,1H3,(H2,34,35,36,37). The van der Waals surface area contributed by atoms with Gasteiger partial charge in [-0.05, 0) is 94.8 Å². The first-order valence-electron chi connectivity index (χ1n) is 15.5. The van der Waals surface area contributed by atoms with Crippen molar-refractivity contribution < 1.29 is 4.74 Å². The van der Waals surface area contributed by atoms with Gasteiger partial charge in [0.05, 0.1) is 24.2 Å². The van der Waals surface area contributed by atoms with Crippen molar-refractivity contribution >= 4 is 52.4 Å². The molecule has 10 heteroatoms. The summed E-state index contributed by atoms with van der Waals surface area (Å²) in [6, 6.07) is 15.9. The Labute approximate surface area is 259 Å². The largest absolute Gasteiger partial charge is 0.492 e. The van der Waals surface area contributed by atoms with Crippen molar-refractivity contribution in [1.29, 1.82) is 0 Å². The zero-order chi connectivity index (χ0) is 28.7. The van der Waals surface area contributed by atoms with Gasteiger partial charge in [0.1, 0.15) is 10.8 Å². The third kappa shape index (κ3) is 7.25. The molecule has 3 heterocycles. The van der Waals surface area contributed by atoms with E-state index in [4.69, 9.17) is 21.3 Å². The average Bonchev–Trinajstić information content (AvgIpc) is 3.00. The van der Waals surface area contributed by atoms with Crippen LogP contribution in [0.3, 0.4) is 0 Å². The second-order valence-electron chi connectivity index (χ2n) is 11.4. The first-order chi connectivity index (χ1) is 20.7. The van der Waals surface area contributed by atoms with Crippen LogP contribution in [-0.2, 0) is 0 Å². The van der Waals surface area contributed by atoms with E-state index in [2.05, 4.69) is 54.4 Å². The zero-order valence-corrected chi connectivity index (χ0v) is 26.0. The molecule has 2 saturated heterocycles. The SMILES string of the molecule is CCOc1cc(N2CCC(N3CCCCC3)CC2)ccc1Nc1ncc(Cl)c(Nc2ccccc2SNC2CCC2)n1. The van der Waals surface area contributed by atoms with Gasteiger partial charge in [-0.3, -0.25) is 4.72 Å². The minimum Gasteiger partial charge on any atom is -0.492 e. The predicted octanol–water partition coefficient (Wildman–Crippen LogP) is 7.62. The molecule has 3 fully saturated rings. The summed E-state index contributed by atoms with van der Waals surface area (Å²) in [6.45, 7) is 7.28. The van der Waals surface area contributed by atoms with Crippen LogP contribution in [0.5, 0.6) is 5.75 Å². The number of nitrogens with zero attached hydrogens (tertiary/aromatic N) is 4. The second kappa shape index (κ2) is 14.2. The molecule has 0 spiro atoms. The number of anilines is 5. The molecule has 8 nitrogen and oxygen atoms in total. The number of para-hydroxylation sites is 1. The predicted molar refractivity (Wildman–Crippen MR) is 175 cm³/mol. The lowest BCUT2D eigenvalue weighted by molar-refractivity contribution is 0.141. The first kappa shape index (κ1) is 29.4. The fourth-order valence-electron chi connectivity index (χ4n) is 5.95. The third-order valence-electron chi connectivity index (χ3n) is 8.57. The summed E-state index contributed by atoms with van der Waals surface area (Å²) < 4.78 is 9.64. The van der Waals surface area contributed by atoms with E-state index in [1.807, 2.05) is 25.1 Å². The molecule has 2 aliphatic heterocycles. The minimum absolute atomic E-state index is 0.454. The fraction of sp³-hybridized carbons (Fsp3) is 0.500. The Bertz CT molecular complexity index is 1330. The minimum atomic E-state index is 0.454. The molecule has 224 valence electrons. The summed E-state index contributed by atoms with van der Waals surface area (Å²) >= 11 is 8.19. The maximum absolute atomic E-state index is 6.54. The number of nitrogens with one attached hydrogen (secondary N) is 3.